The van der Waals surface area contributed by atoms with Gasteiger partial charge in [-0.1, -0.05) is 13.3 Å². The van der Waals surface area contributed by atoms with Gasteiger partial charge in [-0.2, -0.15) is 0 Å². The molecule has 0 aromatic rings. The lowest BCUT2D eigenvalue weighted by Gasteiger charge is -2.30. The molecule has 1 rings (SSSR count). The molecule has 4 heteroatoms. The van der Waals surface area contributed by atoms with Crippen molar-refractivity contribution in [3.05, 3.63) is 0 Å². The maximum absolute atomic E-state index is 12.0. The van der Waals surface area contributed by atoms with E-state index >= 15 is 0 Å². The van der Waals surface area contributed by atoms with Crippen LogP contribution in [-0.4, -0.2) is 49.6 Å². The normalized spacial score (nSPS) is 21.1. The molecule has 0 spiro atoms. The van der Waals surface area contributed by atoms with Crippen molar-refractivity contribution in [2.45, 2.75) is 58.5 Å². The van der Waals surface area contributed by atoms with E-state index in [4.69, 9.17) is 0 Å². The van der Waals surface area contributed by atoms with Crippen LogP contribution in [0.3, 0.4) is 0 Å². The summed E-state index contributed by atoms with van der Waals surface area (Å²) >= 11 is 0. The lowest BCUT2D eigenvalue weighted by Crippen LogP contribution is -2.47. The molecule has 2 N–H and O–H groups in total. The van der Waals surface area contributed by atoms with E-state index in [0.717, 1.165) is 25.3 Å². The predicted octanol–water partition coefficient (Wildman–Crippen LogP) is 1.61. The average molecular weight is 269 g/mol. The number of amides is 1. The van der Waals surface area contributed by atoms with Crippen LogP contribution in [-0.2, 0) is 4.79 Å². The van der Waals surface area contributed by atoms with Crippen LogP contribution in [0.1, 0.15) is 46.5 Å². The summed E-state index contributed by atoms with van der Waals surface area (Å²) in [5, 5.41) is 6.45. The molecule has 112 valence electrons. The molecule has 2 atom stereocenters. The van der Waals surface area contributed by atoms with Crippen molar-refractivity contribution in [3.63, 3.8) is 0 Å². The first-order chi connectivity index (χ1) is 9.02. The Morgan fingerprint density at radius 2 is 1.95 bits per heavy atom. The van der Waals surface area contributed by atoms with Gasteiger partial charge in [0.1, 0.15) is 0 Å². The fraction of sp³-hybridized carbons (Fsp3) is 0.933. The Balaban J connectivity index is 2.19. The van der Waals surface area contributed by atoms with E-state index in [1.807, 2.05) is 6.92 Å². The Bertz CT molecular complexity index is 262. The minimum Gasteiger partial charge on any atom is -0.352 e. The Kier molecular flexibility index (Phi) is 7.39. The molecule has 1 amide bonds. The number of hydrogen-bond donors (Lipinski definition) is 2. The first-order valence-corrected chi connectivity index (χ1v) is 7.75. The van der Waals surface area contributed by atoms with E-state index in [-0.39, 0.29) is 18.0 Å². The first kappa shape index (κ1) is 16.4. The summed E-state index contributed by atoms with van der Waals surface area (Å²) in [6, 6.07) is 0.198. The van der Waals surface area contributed by atoms with Crippen LogP contribution in [0.5, 0.6) is 0 Å². The average Bonchev–Trinajstić information content (AvgIpc) is 2.37. The van der Waals surface area contributed by atoms with Crippen molar-refractivity contribution in [3.8, 4) is 0 Å². The van der Waals surface area contributed by atoms with E-state index in [0.29, 0.717) is 0 Å². The minimum absolute atomic E-state index is 0.0843. The molecular formula is C15H31N3O. The molecule has 1 aliphatic rings. The van der Waals surface area contributed by atoms with Crippen LogP contribution >= 0.6 is 0 Å². The third kappa shape index (κ3) is 6.39. The van der Waals surface area contributed by atoms with Crippen molar-refractivity contribution in [2.24, 2.45) is 5.92 Å². The smallest absolute Gasteiger partial charge is 0.237 e. The molecular weight excluding hydrogens is 238 g/mol. The van der Waals surface area contributed by atoms with Gasteiger partial charge in [0, 0.05) is 6.04 Å². The number of hydrogen-bond acceptors (Lipinski definition) is 3. The molecule has 0 bridgehead atoms. The van der Waals surface area contributed by atoms with Crippen molar-refractivity contribution in [1.82, 2.24) is 15.5 Å². The number of nitrogens with one attached hydrogen (secondary N) is 2. The second-order valence-electron chi connectivity index (χ2n) is 6.07. The highest BCUT2D eigenvalue weighted by molar-refractivity contribution is 5.81. The molecule has 1 fully saturated rings. The van der Waals surface area contributed by atoms with Crippen molar-refractivity contribution < 1.29 is 4.79 Å². The van der Waals surface area contributed by atoms with Gasteiger partial charge in [0.2, 0.25) is 5.91 Å². The van der Waals surface area contributed by atoms with Gasteiger partial charge in [0.05, 0.1) is 6.04 Å². The summed E-state index contributed by atoms with van der Waals surface area (Å²) < 4.78 is 0. The van der Waals surface area contributed by atoms with Gasteiger partial charge in [-0.25, -0.2) is 0 Å². The van der Waals surface area contributed by atoms with Crippen LogP contribution in [0, 0.1) is 5.92 Å². The van der Waals surface area contributed by atoms with Gasteiger partial charge in [-0.05, 0) is 65.7 Å². The molecule has 19 heavy (non-hydrogen) atoms. The lowest BCUT2D eigenvalue weighted by molar-refractivity contribution is -0.123. The summed E-state index contributed by atoms with van der Waals surface area (Å²) in [4.78, 5) is 14.3. The van der Waals surface area contributed by atoms with Crippen molar-refractivity contribution in [2.75, 3.05) is 26.7 Å². The number of carbonyl (C=O) groups is 1. The zero-order valence-electron chi connectivity index (χ0n) is 13.0. The second kappa shape index (κ2) is 8.54. The third-order valence-electron chi connectivity index (χ3n) is 4.05. The zero-order valence-corrected chi connectivity index (χ0v) is 13.0. The van der Waals surface area contributed by atoms with Crippen LogP contribution in [0.25, 0.3) is 0 Å². The lowest BCUT2D eigenvalue weighted by atomic mass is 9.97. The van der Waals surface area contributed by atoms with Gasteiger partial charge in [0.15, 0.2) is 0 Å². The van der Waals surface area contributed by atoms with Crippen LogP contribution in [0.4, 0.5) is 0 Å². The van der Waals surface area contributed by atoms with Crippen LogP contribution in [0.2, 0.25) is 0 Å². The predicted molar refractivity (Wildman–Crippen MR) is 80.2 cm³/mol. The largest absolute Gasteiger partial charge is 0.352 e. The topological polar surface area (TPSA) is 44.4 Å². The van der Waals surface area contributed by atoms with Gasteiger partial charge < -0.3 is 15.5 Å². The number of nitrogens with zero attached hydrogens (tertiary/aromatic N) is 1. The molecule has 1 aliphatic heterocycles. The standard InChI is InChI=1S/C15H31N3O/c1-5-6-12(2)17-15(19)13(3)16-11-14-7-9-18(4)10-8-14/h12-14,16H,5-11H2,1-4H3,(H,17,19). The van der Waals surface area contributed by atoms with E-state index in [9.17, 15) is 4.79 Å². The molecule has 0 saturated carbocycles. The Morgan fingerprint density at radius 1 is 1.32 bits per heavy atom. The van der Waals surface area contributed by atoms with Crippen LogP contribution in [0.15, 0.2) is 0 Å². The number of carbonyl (C=O) groups excluding carboxylic acids is 1. The summed E-state index contributed by atoms with van der Waals surface area (Å²) in [5.41, 5.74) is 0. The molecule has 4 nitrogen and oxygen atoms in total. The quantitative estimate of drug-likeness (QED) is 0.738. The zero-order chi connectivity index (χ0) is 14.3. The highest BCUT2D eigenvalue weighted by Crippen LogP contribution is 2.14. The van der Waals surface area contributed by atoms with E-state index in [2.05, 4.69) is 36.4 Å². The number of likely N-dealkylation sites (tertiary alicyclic amines) is 1. The molecule has 1 saturated heterocycles. The monoisotopic (exact) mass is 269 g/mol. The van der Waals surface area contributed by atoms with Crippen molar-refractivity contribution >= 4 is 5.91 Å². The molecule has 2 unspecified atom stereocenters. The SMILES string of the molecule is CCCC(C)NC(=O)C(C)NCC1CCN(C)CC1. The summed E-state index contributed by atoms with van der Waals surface area (Å²) in [6.45, 7) is 9.50. The highest BCUT2D eigenvalue weighted by atomic mass is 16.2. The second-order valence-corrected chi connectivity index (χ2v) is 6.07. The molecule has 1 heterocycles. The highest BCUT2D eigenvalue weighted by Gasteiger charge is 2.19. The van der Waals surface area contributed by atoms with Gasteiger partial charge in [-0.3, -0.25) is 4.79 Å². The molecule has 0 aromatic heterocycles. The van der Waals surface area contributed by atoms with Gasteiger partial charge in [-0.15, -0.1) is 0 Å². The first-order valence-electron chi connectivity index (χ1n) is 7.75. The fourth-order valence-electron chi connectivity index (χ4n) is 2.58. The maximum atomic E-state index is 12.0. The summed E-state index contributed by atoms with van der Waals surface area (Å²) in [5.74, 6) is 0.855. The maximum Gasteiger partial charge on any atom is 0.237 e. The number of piperidine rings is 1. The van der Waals surface area contributed by atoms with Crippen molar-refractivity contribution in [1.29, 1.82) is 0 Å². The van der Waals surface area contributed by atoms with Gasteiger partial charge in [0.25, 0.3) is 0 Å². The number of rotatable bonds is 7. The fourth-order valence-corrected chi connectivity index (χ4v) is 2.58. The summed E-state index contributed by atoms with van der Waals surface area (Å²) in [6.07, 6.45) is 4.64. The van der Waals surface area contributed by atoms with Gasteiger partial charge >= 0.3 is 0 Å². The molecule has 0 aromatic carbocycles. The van der Waals surface area contributed by atoms with E-state index < -0.39 is 0 Å². The molecule has 0 aliphatic carbocycles. The minimum atomic E-state index is -0.0843. The Morgan fingerprint density at radius 3 is 2.53 bits per heavy atom. The van der Waals surface area contributed by atoms with Crippen LogP contribution < -0.4 is 10.6 Å². The summed E-state index contributed by atoms with van der Waals surface area (Å²) in [7, 11) is 2.18. The Hall–Kier alpha value is -0.610. The van der Waals surface area contributed by atoms with E-state index in [1.165, 1.54) is 25.9 Å². The Labute approximate surface area is 118 Å². The molecule has 0 radical (unpaired) electrons. The third-order valence-corrected chi connectivity index (χ3v) is 4.05. The van der Waals surface area contributed by atoms with E-state index in [1.54, 1.807) is 0 Å².